The molecule has 0 spiro atoms. The minimum absolute atomic E-state index is 0.165. The molecule has 0 aliphatic carbocycles. The van der Waals surface area contributed by atoms with Crippen LogP contribution in [0, 0.1) is 12.7 Å². The van der Waals surface area contributed by atoms with E-state index in [0.29, 0.717) is 10.6 Å². The summed E-state index contributed by atoms with van der Waals surface area (Å²) < 4.78 is 12.9. The number of hydrogen-bond donors (Lipinski definition) is 0. The van der Waals surface area contributed by atoms with Gasteiger partial charge >= 0.3 is 0 Å². The summed E-state index contributed by atoms with van der Waals surface area (Å²) in [5.41, 5.74) is 1.21. The van der Waals surface area contributed by atoms with E-state index in [0.717, 1.165) is 5.56 Å². The molecule has 3 heteroatoms. The molecule has 0 atom stereocenters. The lowest BCUT2D eigenvalue weighted by atomic mass is 10.1. The number of benzene rings is 1. The molecule has 0 unspecified atom stereocenters. The Morgan fingerprint density at radius 2 is 2.09 bits per heavy atom. The maximum atomic E-state index is 12.9. The molecule has 0 N–H and O–H groups in total. The van der Waals surface area contributed by atoms with E-state index < -0.39 is 0 Å². The van der Waals surface area contributed by atoms with Gasteiger partial charge in [-0.05, 0) is 24.6 Å². The molecule has 0 aliphatic rings. The fraction of sp³-hybridized carbons (Fsp3) is 0.250. The number of halogens is 3. The summed E-state index contributed by atoms with van der Waals surface area (Å²) in [6.07, 6.45) is 0. The maximum absolute atomic E-state index is 12.9. The molecule has 0 heterocycles. The number of hydrogen-bond acceptors (Lipinski definition) is 0. The summed E-state index contributed by atoms with van der Waals surface area (Å²) in [6, 6.07) is 2.86. The molecule has 1 rings (SSSR count). The van der Waals surface area contributed by atoms with Gasteiger partial charge in [0.15, 0.2) is 0 Å². The zero-order valence-electron chi connectivity index (χ0n) is 6.00. The van der Waals surface area contributed by atoms with Crippen molar-refractivity contribution in [3.05, 3.63) is 34.1 Å². The van der Waals surface area contributed by atoms with E-state index in [1.807, 2.05) is 0 Å². The third-order valence-electron chi connectivity index (χ3n) is 1.61. The van der Waals surface area contributed by atoms with Crippen LogP contribution < -0.4 is 0 Å². The third-order valence-corrected chi connectivity index (χ3v) is 2.29. The Morgan fingerprint density at radius 1 is 1.45 bits per heavy atom. The highest BCUT2D eigenvalue weighted by atomic mass is 35.5. The molecule has 0 aliphatic heterocycles. The summed E-state index contributed by atoms with van der Waals surface area (Å²) in [7, 11) is 0. The second-order valence-electron chi connectivity index (χ2n) is 2.27. The largest absolute Gasteiger partial charge is 0.207 e. The van der Waals surface area contributed by atoms with Crippen LogP contribution in [0.15, 0.2) is 12.1 Å². The molecule has 0 nitrogen and oxygen atoms in total. The number of alkyl halides is 1. The average molecular weight is 193 g/mol. The zero-order chi connectivity index (χ0) is 8.43. The van der Waals surface area contributed by atoms with Gasteiger partial charge in [-0.15, -0.1) is 11.6 Å². The van der Waals surface area contributed by atoms with Gasteiger partial charge in [-0.3, -0.25) is 0 Å². The molecule has 11 heavy (non-hydrogen) atoms. The van der Waals surface area contributed by atoms with Crippen LogP contribution in [0.3, 0.4) is 0 Å². The molecule has 0 bridgehead atoms. The quantitative estimate of drug-likeness (QED) is 0.598. The molecule has 60 valence electrons. The van der Waals surface area contributed by atoms with E-state index in [9.17, 15) is 4.39 Å². The second kappa shape index (κ2) is 3.42. The van der Waals surface area contributed by atoms with Gasteiger partial charge < -0.3 is 0 Å². The van der Waals surface area contributed by atoms with Crippen molar-refractivity contribution in [2.24, 2.45) is 0 Å². The highest BCUT2D eigenvalue weighted by molar-refractivity contribution is 6.31. The van der Waals surface area contributed by atoms with Crippen LogP contribution in [0.2, 0.25) is 5.02 Å². The Kier molecular flexibility index (Phi) is 2.74. The first kappa shape index (κ1) is 8.82. The summed E-state index contributed by atoms with van der Waals surface area (Å²) in [5, 5.41) is 0.557. The molecule has 1 aromatic rings. The highest BCUT2D eigenvalue weighted by Gasteiger charge is 2.06. The Balaban J connectivity index is 3.29. The van der Waals surface area contributed by atoms with Gasteiger partial charge in [0.1, 0.15) is 5.82 Å². The van der Waals surface area contributed by atoms with Crippen molar-refractivity contribution in [2.75, 3.05) is 0 Å². The minimum atomic E-state index is -0.290. The summed E-state index contributed by atoms with van der Waals surface area (Å²) in [5.74, 6) is -0.125. The van der Waals surface area contributed by atoms with E-state index in [4.69, 9.17) is 23.2 Å². The Bertz CT molecular complexity index is 271. The monoisotopic (exact) mass is 192 g/mol. The van der Waals surface area contributed by atoms with Gasteiger partial charge in [0.2, 0.25) is 0 Å². The lowest BCUT2D eigenvalue weighted by molar-refractivity contribution is 0.615. The summed E-state index contributed by atoms with van der Waals surface area (Å²) >= 11 is 11.3. The standard InChI is InChI=1S/C8H7Cl2F/c1-5-6(4-9)8(11)3-2-7(5)10/h2-3H,4H2,1H3. The summed E-state index contributed by atoms with van der Waals surface area (Å²) in [4.78, 5) is 0. The maximum Gasteiger partial charge on any atom is 0.127 e. The van der Waals surface area contributed by atoms with Crippen LogP contribution in [-0.2, 0) is 5.88 Å². The minimum Gasteiger partial charge on any atom is -0.207 e. The van der Waals surface area contributed by atoms with E-state index in [1.54, 1.807) is 6.92 Å². The van der Waals surface area contributed by atoms with Crippen molar-refractivity contribution in [3.8, 4) is 0 Å². The van der Waals surface area contributed by atoms with Crippen LogP contribution in [0.4, 0.5) is 4.39 Å². The van der Waals surface area contributed by atoms with Gasteiger partial charge in [0, 0.05) is 10.6 Å². The molecule has 0 saturated carbocycles. The fourth-order valence-corrected chi connectivity index (χ4v) is 1.36. The predicted molar refractivity (Wildman–Crippen MR) is 45.7 cm³/mol. The van der Waals surface area contributed by atoms with Crippen molar-refractivity contribution < 1.29 is 4.39 Å². The molecule has 1 aromatic carbocycles. The fourth-order valence-electron chi connectivity index (χ4n) is 0.859. The highest BCUT2D eigenvalue weighted by Crippen LogP contribution is 2.22. The van der Waals surface area contributed by atoms with E-state index in [1.165, 1.54) is 12.1 Å². The third kappa shape index (κ3) is 1.66. The van der Waals surface area contributed by atoms with Crippen LogP contribution in [0.25, 0.3) is 0 Å². The van der Waals surface area contributed by atoms with Crippen molar-refractivity contribution in [3.63, 3.8) is 0 Å². The van der Waals surface area contributed by atoms with Crippen molar-refractivity contribution >= 4 is 23.2 Å². The smallest absolute Gasteiger partial charge is 0.127 e. The van der Waals surface area contributed by atoms with Crippen molar-refractivity contribution in [2.45, 2.75) is 12.8 Å². The average Bonchev–Trinajstić information content (AvgIpc) is 1.99. The van der Waals surface area contributed by atoms with Crippen molar-refractivity contribution in [1.29, 1.82) is 0 Å². The first-order valence-electron chi connectivity index (χ1n) is 3.16. The zero-order valence-corrected chi connectivity index (χ0v) is 7.51. The predicted octanol–water partition coefficient (Wildman–Crippen LogP) is 3.53. The SMILES string of the molecule is Cc1c(Cl)ccc(F)c1CCl. The normalized spacial score (nSPS) is 10.2. The molecular formula is C8H7Cl2F. The van der Waals surface area contributed by atoms with Crippen molar-refractivity contribution in [1.82, 2.24) is 0 Å². The molecular weight excluding hydrogens is 186 g/mol. The van der Waals surface area contributed by atoms with Crippen LogP contribution in [0.1, 0.15) is 11.1 Å². The molecule has 0 saturated heterocycles. The van der Waals surface area contributed by atoms with Gasteiger partial charge in [0.25, 0.3) is 0 Å². The molecule has 0 fully saturated rings. The first-order chi connectivity index (χ1) is 5.16. The van der Waals surface area contributed by atoms with E-state index in [-0.39, 0.29) is 11.7 Å². The molecule has 0 radical (unpaired) electrons. The lowest BCUT2D eigenvalue weighted by Crippen LogP contribution is -1.91. The van der Waals surface area contributed by atoms with Gasteiger partial charge in [-0.25, -0.2) is 4.39 Å². The lowest BCUT2D eigenvalue weighted by Gasteiger charge is -2.04. The van der Waals surface area contributed by atoms with Gasteiger partial charge in [-0.1, -0.05) is 11.6 Å². The Morgan fingerprint density at radius 3 is 2.55 bits per heavy atom. The van der Waals surface area contributed by atoms with E-state index >= 15 is 0 Å². The molecule has 0 amide bonds. The van der Waals surface area contributed by atoms with E-state index in [2.05, 4.69) is 0 Å². The Hall–Kier alpha value is -0.270. The number of rotatable bonds is 1. The Labute approximate surface area is 74.9 Å². The topological polar surface area (TPSA) is 0 Å². The van der Waals surface area contributed by atoms with Gasteiger partial charge in [0.05, 0.1) is 5.88 Å². The molecule has 0 aromatic heterocycles. The second-order valence-corrected chi connectivity index (χ2v) is 2.94. The van der Waals surface area contributed by atoms with Crippen LogP contribution >= 0.6 is 23.2 Å². The first-order valence-corrected chi connectivity index (χ1v) is 4.07. The van der Waals surface area contributed by atoms with Crippen LogP contribution in [-0.4, -0.2) is 0 Å². The van der Waals surface area contributed by atoms with Crippen LogP contribution in [0.5, 0.6) is 0 Å². The van der Waals surface area contributed by atoms with Gasteiger partial charge in [-0.2, -0.15) is 0 Å². The summed E-state index contributed by atoms with van der Waals surface area (Å²) in [6.45, 7) is 1.75.